The van der Waals surface area contributed by atoms with Gasteiger partial charge in [-0.25, -0.2) is 4.79 Å². The number of pyridine rings is 1. The van der Waals surface area contributed by atoms with Crippen molar-refractivity contribution in [3.63, 3.8) is 0 Å². The number of imide groups is 1. The lowest BCUT2D eigenvalue weighted by atomic mass is 10.1. The number of carbonyl (C=O) groups is 3. The maximum Gasteiger partial charge on any atom is 0.335 e. The van der Waals surface area contributed by atoms with E-state index in [0.29, 0.717) is 12.2 Å². The first-order valence-electron chi connectivity index (χ1n) is 8.93. The average Bonchev–Trinajstić information content (AvgIpc) is 3.01. The second-order valence-electron chi connectivity index (χ2n) is 6.65. The lowest BCUT2D eigenvalue weighted by Gasteiger charge is -2.17. The third kappa shape index (κ3) is 3.18. The van der Waals surface area contributed by atoms with E-state index < -0.39 is 23.3 Å². The SMILES string of the molecule is Nc1c2c(cc(=O)n1-c1cc(C(=O)O)ccc1NCc1ccccc1)C(=O)NC2=O. The van der Waals surface area contributed by atoms with Crippen molar-refractivity contribution in [2.75, 3.05) is 11.1 Å². The van der Waals surface area contributed by atoms with E-state index >= 15 is 0 Å². The van der Waals surface area contributed by atoms with E-state index in [2.05, 4.69) is 10.6 Å². The van der Waals surface area contributed by atoms with Gasteiger partial charge in [-0.15, -0.1) is 0 Å². The number of aromatic carboxylic acids is 1. The van der Waals surface area contributed by atoms with Crippen LogP contribution in [0.5, 0.6) is 0 Å². The Kier molecular flexibility index (Phi) is 4.55. The molecule has 9 nitrogen and oxygen atoms in total. The van der Waals surface area contributed by atoms with Crippen LogP contribution in [0, 0.1) is 0 Å². The first-order valence-corrected chi connectivity index (χ1v) is 8.93. The van der Waals surface area contributed by atoms with Crippen LogP contribution in [0.25, 0.3) is 5.69 Å². The van der Waals surface area contributed by atoms with Gasteiger partial charge in [0.25, 0.3) is 17.4 Å². The number of hydrogen-bond donors (Lipinski definition) is 4. The van der Waals surface area contributed by atoms with E-state index in [9.17, 15) is 24.3 Å². The fraction of sp³-hybridized carbons (Fsp3) is 0.0476. The number of nitrogens with one attached hydrogen (secondary N) is 2. The van der Waals surface area contributed by atoms with Crippen LogP contribution in [-0.4, -0.2) is 27.5 Å². The zero-order valence-electron chi connectivity index (χ0n) is 15.5. The molecule has 0 bridgehead atoms. The van der Waals surface area contributed by atoms with Crippen LogP contribution in [0.3, 0.4) is 0 Å². The molecule has 3 aromatic rings. The fourth-order valence-electron chi connectivity index (χ4n) is 3.32. The van der Waals surface area contributed by atoms with Crippen LogP contribution in [0.2, 0.25) is 0 Å². The predicted octanol–water partition coefficient (Wildman–Crippen LogP) is 1.61. The zero-order valence-corrected chi connectivity index (χ0v) is 15.5. The van der Waals surface area contributed by atoms with Crippen LogP contribution in [0.1, 0.15) is 36.6 Å². The quantitative estimate of drug-likeness (QED) is 0.473. The van der Waals surface area contributed by atoms with Crippen molar-refractivity contribution >= 4 is 29.3 Å². The molecule has 9 heteroatoms. The molecular formula is C21H16N4O5. The molecule has 0 unspecified atom stereocenters. The van der Waals surface area contributed by atoms with Gasteiger partial charge in [0.15, 0.2) is 0 Å². The van der Waals surface area contributed by atoms with Crippen molar-refractivity contribution in [1.82, 2.24) is 9.88 Å². The summed E-state index contributed by atoms with van der Waals surface area (Å²) in [6.45, 7) is 0.402. The molecular weight excluding hydrogens is 388 g/mol. The van der Waals surface area contributed by atoms with E-state index in [-0.39, 0.29) is 28.2 Å². The van der Waals surface area contributed by atoms with Gasteiger partial charge in [-0.1, -0.05) is 30.3 Å². The summed E-state index contributed by atoms with van der Waals surface area (Å²) in [5.74, 6) is -2.85. The number of nitrogens with zero attached hydrogens (tertiary/aromatic N) is 1. The van der Waals surface area contributed by atoms with Gasteiger partial charge >= 0.3 is 5.97 Å². The summed E-state index contributed by atoms with van der Waals surface area (Å²) in [5.41, 5.74) is 6.70. The maximum atomic E-state index is 12.8. The molecule has 1 aliphatic rings. The largest absolute Gasteiger partial charge is 0.478 e. The van der Waals surface area contributed by atoms with E-state index in [4.69, 9.17) is 5.73 Å². The Bertz CT molecular complexity index is 1260. The van der Waals surface area contributed by atoms with Gasteiger partial charge in [-0.2, -0.15) is 0 Å². The highest BCUT2D eigenvalue weighted by Gasteiger charge is 2.32. The van der Waals surface area contributed by atoms with E-state index in [1.165, 1.54) is 18.2 Å². The summed E-state index contributed by atoms with van der Waals surface area (Å²) in [5, 5.41) is 14.6. The summed E-state index contributed by atoms with van der Waals surface area (Å²) in [6, 6.07) is 14.7. The number of carbonyl (C=O) groups excluding carboxylic acids is 2. The van der Waals surface area contributed by atoms with Gasteiger partial charge < -0.3 is 16.2 Å². The standard InChI is InChI=1S/C21H16N4O5/c22-18-17-13(19(27)24-20(17)28)9-16(26)25(18)15-8-12(21(29)30)6-7-14(15)23-10-11-4-2-1-3-5-11/h1-9,23H,10,22H2,(H,29,30)(H,24,27,28). The molecule has 0 saturated carbocycles. The number of fused-ring (bicyclic) bond motifs is 1. The molecule has 1 aromatic heterocycles. The van der Waals surface area contributed by atoms with Crippen LogP contribution >= 0.6 is 0 Å². The number of aromatic nitrogens is 1. The minimum Gasteiger partial charge on any atom is -0.478 e. The first-order chi connectivity index (χ1) is 14.4. The molecule has 1 aliphatic heterocycles. The van der Waals surface area contributed by atoms with Crippen molar-refractivity contribution < 1.29 is 19.5 Å². The van der Waals surface area contributed by atoms with Crippen LogP contribution in [0.15, 0.2) is 59.4 Å². The molecule has 0 saturated heterocycles. The topological polar surface area (TPSA) is 144 Å². The zero-order chi connectivity index (χ0) is 21.4. The maximum absolute atomic E-state index is 12.8. The molecule has 2 amide bonds. The number of nitrogen functional groups attached to an aromatic ring is 1. The van der Waals surface area contributed by atoms with E-state index in [0.717, 1.165) is 16.2 Å². The van der Waals surface area contributed by atoms with Crippen molar-refractivity contribution in [2.24, 2.45) is 0 Å². The molecule has 0 radical (unpaired) electrons. The summed E-state index contributed by atoms with van der Waals surface area (Å²) < 4.78 is 1.02. The smallest absolute Gasteiger partial charge is 0.335 e. The van der Waals surface area contributed by atoms with Gasteiger partial charge in [0.05, 0.1) is 28.1 Å². The van der Waals surface area contributed by atoms with Gasteiger partial charge in [0.1, 0.15) is 5.82 Å². The van der Waals surface area contributed by atoms with Gasteiger partial charge in [0.2, 0.25) is 0 Å². The molecule has 0 spiro atoms. The Balaban J connectivity index is 1.87. The number of carboxylic acids is 1. The number of rotatable bonds is 5. The van der Waals surface area contributed by atoms with Gasteiger partial charge in [-0.05, 0) is 23.8 Å². The number of amides is 2. The highest BCUT2D eigenvalue weighted by atomic mass is 16.4. The Morgan fingerprint density at radius 2 is 1.77 bits per heavy atom. The predicted molar refractivity (Wildman–Crippen MR) is 109 cm³/mol. The molecule has 0 fully saturated rings. The Hall–Kier alpha value is -4.40. The van der Waals surface area contributed by atoms with Crippen LogP contribution < -0.4 is 21.9 Å². The van der Waals surface area contributed by atoms with Gasteiger partial charge in [0, 0.05) is 12.6 Å². The third-order valence-electron chi connectivity index (χ3n) is 4.76. The Labute approximate surface area is 169 Å². The molecule has 4 rings (SSSR count). The third-order valence-corrected chi connectivity index (χ3v) is 4.76. The Morgan fingerprint density at radius 1 is 1.03 bits per heavy atom. The summed E-state index contributed by atoms with van der Waals surface area (Å²) in [6.07, 6.45) is 0. The molecule has 2 aromatic carbocycles. The molecule has 5 N–H and O–H groups in total. The van der Waals surface area contributed by atoms with E-state index in [1.54, 1.807) is 0 Å². The minimum atomic E-state index is -1.19. The number of hydrogen-bond acceptors (Lipinski definition) is 6. The minimum absolute atomic E-state index is 0.0670. The van der Waals surface area contributed by atoms with Crippen molar-refractivity contribution in [3.8, 4) is 5.69 Å². The number of anilines is 2. The second-order valence-corrected chi connectivity index (χ2v) is 6.65. The van der Waals surface area contributed by atoms with Crippen molar-refractivity contribution in [1.29, 1.82) is 0 Å². The van der Waals surface area contributed by atoms with Gasteiger partial charge in [-0.3, -0.25) is 24.3 Å². The average molecular weight is 404 g/mol. The molecule has 150 valence electrons. The fourth-order valence-corrected chi connectivity index (χ4v) is 3.32. The monoisotopic (exact) mass is 404 g/mol. The highest BCUT2D eigenvalue weighted by molar-refractivity contribution is 6.23. The summed E-state index contributed by atoms with van der Waals surface area (Å²) in [7, 11) is 0. The number of nitrogens with two attached hydrogens (primary N) is 1. The molecule has 2 heterocycles. The van der Waals surface area contributed by atoms with Crippen LogP contribution in [-0.2, 0) is 6.54 Å². The number of carboxylic acid groups (broad SMARTS) is 1. The normalized spacial score (nSPS) is 12.4. The lowest BCUT2D eigenvalue weighted by Crippen LogP contribution is -2.25. The molecule has 30 heavy (non-hydrogen) atoms. The Morgan fingerprint density at radius 3 is 2.47 bits per heavy atom. The van der Waals surface area contributed by atoms with Crippen molar-refractivity contribution in [2.45, 2.75) is 6.54 Å². The first kappa shape index (κ1) is 18.9. The summed E-state index contributed by atoms with van der Waals surface area (Å²) in [4.78, 5) is 48.3. The summed E-state index contributed by atoms with van der Waals surface area (Å²) >= 11 is 0. The molecule has 0 aliphatic carbocycles. The molecule has 0 atom stereocenters. The lowest BCUT2D eigenvalue weighted by molar-refractivity contribution is 0.0696. The number of benzene rings is 2. The second kappa shape index (κ2) is 7.21. The highest BCUT2D eigenvalue weighted by Crippen LogP contribution is 2.28. The van der Waals surface area contributed by atoms with Crippen LogP contribution in [0.4, 0.5) is 11.5 Å². The van der Waals surface area contributed by atoms with E-state index in [1.807, 2.05) is 30.3 Å². The van der Waals surface area contributed by atoms with Crippen molar-refractivity contribution in [3.05, 3.63) is 87.2 Å².